The van der Waals surface area contributed by atoms with Gasteiger partial charge in [0.25, 0.3) is 0 Å². The van der Waals surface area contributed by atoms with E-state index >= 15 is 0 Å². The molecule has 0 aromatic heterocycles. The van der Waals surface area contributed by atoms with Gasteiger partial charge in [-0.3, -0.25) is 4.79 Å². The molecule has 10 heavy (non-hydrogen) atoms. The summed E-state index contributed by atoms with van der Waals surface area (Å²) in [5.41, 5.74) is -0.300. The molecule has 0 aromatic rings. The molecule has 2 N–H and O–H groups in total. The molecular formula is C7H11NO2. The Morgan fingerprint density at radius 1 is 1.70 bits per heavy atom. The highest BCUT2D eigenvalue weighted by Crippen LogP contribution is 2.56. The topological polar surface area (TPSA) is 49.3 Å². The van der Waals surface area contributed by atoms with E-state index in [2.05, 4.69) is 5.32 Å². The summed E-state index contributed by atoms with van der Waals surface area (Å²) in [4.78, 5) is 10.7. The molecule has 2 fully saturated rings. The smallest absolute Gasteiger partial charge is 0.310 e. The third kappa shape index (κ3) is 0.611. The van der Waals surface area contributed by atoms with Gasteiger partial charge in [-0.25, -0.2) is 0 Å². The lowest BCUT2D eigenvalue weighted by Crippen LogP contribution is -2.33. The number of nitrogens with one attached hydrogen (secondary N) is 1. The van der Waals surface area contributed by atoms with Crippen LogP contribution in [0.1, 0.15) is 12.8 Å². The highest BCUT2D eigenvalue weighted by atomic mass is 16.4. The third-order valence-electron chi connectivity index (χ3n) is 2.80. The van der Waals surface area contributed by atoms with E-state index in [1.807, 2.05) is 0 Å². The minimum Gasteiger partial charge on any atom is -0.481 e. The first-order chi connectivity index (χ1) is 4.76. The van der Waals surface area contributed by atoms with Gasteiger partial charge in [0.1, 0.15) is 0 Å². The van der Waals surface area contributed by atoms with Crippen molar-refractivity contribution in [3.05, 3.63) is 0 Å². The Kier molecular flexibility index (Phi) is 1.06. The van der Waals surface area contributed by atoms with Crippen molar-refractivity contribution < 1.29 is 9.90 Å². The summed E-state index contributed by atoms with van der Waals surface area (Å²) in [5, 5.41) is 12.0. The molecule has 56 valence electrons. The molecule has 3 heteroatoms. The number of piperidine rings is 1. The van der Waals surface area contributed by atoms with Crippen LogP contribution in [0.2, 0.25) is 0 Å². The zero-order chi connectivity index (χ0) is 7.19. The molecule has 0 radical (unpaired) electrons. The van der Waals surface area contributed by atoms with Gasteiger partial charge in [-0.1, -0.05) is 0 Å². The summed E-state index contributed by atoms with van der Waals surface area (Å²) in [7, 11) is 0. The van der Waals surface area contributed by atoms with Crippen molar-refractivity contribution in [3.8, 4) is 0 Å². The summed E-state index contributed by atoms with van der Waals surface area (Å²) in [5.74, 6) is -0.155. The fraction of sp³-hybridized carbons (Fsp3) is 0.857. The molecule has 1 saturated heterocycles. The third-order valence-corrected chi connectivity index (χ3v) is 2.80. The van der Waals surface area contributed by atoms with Crippen LogP contribution >= 0.6 is 0 Å². The Balaban J connectivity index is 2.12. The van der Waals surface area contributed by atoms with Crippen molar-refractivity contribution in [2.45, 2.75) is 12.8 Å². The van der Waals surface area contributed by atoms with Crippen LogP contribution < -0.4 is 5.32 Å². The first-order valence-corrected chi connectivity index (χ1v) is 3.70. The maximum absolute atomic E-state index is 10.7. The van der Waals surface area contributed by atoms with Crippen molar-refractivity contribution in [2.24, 2.45) is 11.3 Å². The van der Waals surface area contributed by atoms with Crippen molar-refractivity contribution in [2.75, 3.05) is 13.1 Å². The lowest BCUT2D eigenvalue weighted by molar-refractivity contribution is -0.144. The van der Waals surface area contributed by atoms with E-state index in [1.54, 1.807) is 0 Å². The summed E-state index contributed by atoms with van der Waals surface area (Å²) in [6, 6.07) is 0. The average Bonchev–Trinajstić information content (AvgIpc) is 2.61. The molecule has 0 bridgehead atoms. The second kappa shape index (κ2) is 1.72. The maximum atomic E-state index is 10.7. The number of carboxylic acids is 1. The first-order valence-electron chi connectivity index (χ1n) is 3.70. The van der Waals surface area contributed by atoms with Crippen LogP contribution in [0.3, 0.4) is 0 Å². The fourth-order valence-corrected chi connectivity index (χ4v) is 1.91. The predicted octanol–water partition coefficient (Wildman–Crippen LogP) is 0.0706. The molecule has 2 atom stereocenters. The minimum absolute atomic E-state index is 0.300. The van der Waals surface area contributed by atoms with Gasteiger partial charge in [0.2, 0.25) is 0 Å². The van der Waals surface area contributed by atoms with Gasteiger partial charge in [0, 0.05) is 0 Å². The van der Waals surface area contributed by atoms with Gasteiger partial charge in [-0.05, 0) is 31.8 Å². The molecule has 1 aliphatic carbocycles. The van der Waals surface area contributed by atoms with Crippen LogP contribution in [0, 0.1) is 11.3 Å². The van der Waals surface area contributed by atoms with Crippen LogP contribution in [0.15, 0.2) is 0 Å². The summed E-state index contributed by atoms with van der Waals surface area (Å²) < 4.78 is 0. The normalized spacial score (nSPS) is 44.2. The summed E-state index contributed by atoms with van der Waals surface area (Å²) in [6.45, 7) is 1.79. The molecular weight excluding hydrogens is 130 g/mol. The van der Waals surface area contributed by atoms with Crippen LogP contribution in [0.4, 0.5) is 0 Å². The predicted molar refractivity (Wildman–Crippen MR) is 35.7 cm³/mol. The lowest BCUT2D eigenvalue weighted by Gasteiger charge is -2.17. The second-order valence-corrected chi connectivity index (χ2v) is 3.32. The van der Waals surface area contributed by atoms with E-state index in [4.69, 9.17) is 5.11 Å². The van der Waals surface area contributed by atoms with Gasteiger partial charge >= 0.3 is 5.97 Å². The number of hydrogen-bond donors (Lipinski definition) is 2. The molecule has 3 nitrogen and oxygen atoms in total. The number of carbonyl (C=O) groups is 1. The Labute approximate surface area is 59.4 Å². The molecule has 2 rings (SSSR count). The molecule has 0 amide bonds. The number of hydrogen-bond acceptors (Lipinski definition) is 2. The van der Waals surface area contributed by atoms with Gasteiger partial charge in [-0.2, -0.15) is 0 Å². The fourth-order valence-electron chi connectivity index (χ4n) is 1.91. The van der Waals surface area contributed by atoms with Crippen LogP contribution in [0.25, 0.3) is 0 Å². The molecule has 0 unspecified atom stereocenters. The van der Waals surface area contributed by atoms with Crippen molar-refractivity contribution in [3.63, 3.8) is 0 Å². The van der Waals surface area contributed by atoms with E-state index in [0.29, 0.717) is 5.92 Å². The summed E-state index contributed by atoms with van der Waals surface area (Å²) >= 11 is 0. The van der Waals surface area contributed by atoms with Gasteiger partial charge in [0.05, 0.1) is 5.41 Å². The molecule has 0 aromatic carbocycles. The van der Waals surface area contributed by atoms with E-state index in [-0.39, 0.29) is 5.41 Å². The average molecular weight is 141 g/mol. The molecule has 1 aliphatic heterocycles. The van der Waals surface area contributed by atoms with E-state index in [0.717, 1.165) is 25.9 Å². The van der Waals surface area contributed by atoms with Crippen molar-refractivity contribution in [1.29, 1.82) is 0 Å². The first kappa shape index (κ1) is 6.16. The van der Waals surface area contributed by atoms with Crippen LogP contribution in [-0.4, -0.2) is 24.2 Å². The quantitative estimate of drug-likeness (QED) is 0.543. The lowest BCUT2D eigenvalue weighted by atomic mass is 9.97. The number of rotatable bonds is 1. The van der Waals surface area contributed by atoms with Crippen LogP contribution in [-0.2, 0) is 4.79 Å². The zero-order valence-corrected chi connectivity index (χ0v) is 5.76. The number of fused-ring (bicyclic) bond motifs is 1. The highest BCUT2D eigenvalue weighted by molar-refractivity contribution is 5.78. The van der Waals surface area contributed by atoms with Crippen molar-refractivity contribution >= 4 is 5.97 Å². The molecule has 0 spiro atoms. The van der Waals surface area contributed by atoms with Gasteiger partial charge in [-0.15, -0.1) is 0 Å². The molecule has 1 saturated carbocycles. The Bertz CT molecular complexity index is 180. The maximum Gasteiger partial charge on any atom is 0.310 e. The monoisotopic (exact) mass is 141 g/mol. The van der Waals surface area contributed by atoms with E-state index in [9.17, 15) is 4.79 Å². The SMILES string of the molecule is O=C(O)[C@@]12CCNC[C@H]1C2. The molecule has 1 heterocycles. The van der Waals surface area contributed by atoms with Crippen molar-refractivity contribution in [1.82, 2.24) is 5.32 Å². The summed E-state index contributed by atoms with van der Waals surface area (Å²) in [6.07, 6.45) is 1.72. The Morgan fingerprint density at radius 2 is 2.50 bits per heavy atom. The minimum atomic E-state index is -0.584. The number of carboxylic acid groups (broad SMARTS) is 1. The van der Waals surface area contributed by atoms with Gasteiger partial charge in [0.15, 0.2) is 0 Å². The Hall–Kier alpha value is -0.570. The van der Waals surface area contributed by atoms with E-state index < -0.39 is 5.97 Å². The molecule has 2 aliphatic rings. The number of aliphatic carboxylic acids is 1. The largest absolute Gasteiger partial charge is 0.481 e. The standard InChI is InChI=1S/C7H11NO2/c9-6(10)7-1-2-8-4-5(7)3-7/h5,8H,1-4H2,(H,9,10)/t5-,7-/m1/s1. The Morgan fingerprint density at radius 3 is 3.00 bits per heavy atom. The van der Waals surface area contributed by atoms with E-state index in [1.165, 1.54) is 0 Å². The second-order valence-electron chi connectivity index (χ2n) is 3.32. The van der Waals surface area contributed by atoms with Crippen LogP contribution in [0.5, 0.6) is 0 Å². The highest BCUT2D eigenvalue weighted by Gasteiger charge is 2.60. The van der Waals surface area contributed by atoms with Gasteiger partial charge < -0.3 is 10.4 Å². The zero-order valence-electron chi connectivity index (χ0n) is 5.76.